The van der Waals surface area contributed by atoms with Gasteiger partial charge in [0.15, 0.2) is 0 Å². The first-order valence-electron chi connectivity index (χ1n) is 8.76. The van der Waals surface area contributed by atoms with E-state index in [1.807, 2.05) is 0 Å². The summed E-state index contributed by atoms with van der Waals surface area (Å²) in [5, 5.41) is 2.71. The van der Waals surface area contributed by atoms with Crippen molar-refractivity contribution in [3.05, 3.63) is 107 Å². The average Bonchev–Trinajstić information content (AvgIpc) is 3.06. The van der Waals surface area contributed by atoms with E-state index in [1.54, 1.807) is 0 Å². The minimum absolute atomic E-state index is 1.03. The summed E-state index contributed by atoms with van der Waals surface area (Å²) in [4.78, 5) is 0. The zero-order valence-electron chi connectivity index (χ0n) is 13.9. The summed E-state index contributed by atoms with van der Waals surface area (Å²) in [6.45, 7) is 0. The van der Waals surface area contributed by atoms with Gasteiger partial charge in [-0.2, -0.15) is 0 Å². The molecular formula is C25H18. The van der Waals surface area contributed by atoms with Crippen molar-refractivity contribution in [3.63, 3.8) is 0 Å². The van der Waals surface area contributed by atoms with Crippen LogP contribution in [0.1, 0.15) is 22.3 Å². The number of rotatable bonds is 2. The molecule has 0 nitrogen and oxygen atoms in total. The van der Waals surface area contributed by atoms with Crippen molar-refractivity contribution in [1.29, 1.82) is 0 Å². The van der Waals surface area contributed by atoms with E-state index in [2.05, 4.69) is 97.1 Å². The number of fused-ring (bicyclic) bond motifs is 5. The molecule has 5 rings (SSSR count). The third kappa shape index (κ3) is 2.38. The summed E-state index contributed by atoms with van der Waals surface area (Å²) >= 11 is 0. The number of hydrogen-bond acceptors (Lipinski definition) is 0. The Kier molecular flexibility index (Phi) is 3.28. The molecule has 1 aliphatic carbocycles. The normalized spacial score (nSPS) is 12.5. The van der Waals surface area contributed by atoms with Crippen LogP contribution < -0.4 is 0 Å². The van der Waals surface area contributed by atoms with E-state index in [-0.39, 0.29) is 0 Å². The molecule has 4 aromatic rings. The Hall–Kier alpha value is -3.12. The van der Waals surface area contributed by atoms with Gasteiger partial charge in [-0.25, -0.2) is 0 Å². The Bertz CT molecular complexity index is 1100. The lowest BCUT2D eigenvalue weighted by atomic mass is 9.95. The zero-order chi connectivity index (χ0) is 16.6. The second-order valence-electron chi connectivity index (χ2n) is 6.61. The van der Waals surface area contributed by atoms with E-state index >= 15 is 0 Å². The second kappa shape index (κ2) is 5.75. The molecule has 0 aliphatic heterocycles. The van der Waals surface area contributed by atoms with Crippen molar-refractivity contribution in [2.24, 2.45) is 0 Å². The summed E-state index contributed by atoms with van der Waals surface area (Å²) in [5.41, 5.74) is 8.21. The van der Waals surface area contributed by atoms with Gasteiger partial charge in [-0.05, 0) is 50.6 Å². The summed E-state index contributed by atoms with van der Waals surface area (Å²) in [7, 11) is 0. The highest BCUT2D eigenvalue weighted by Crippen LogP contribution is 2.41. The van der Waals surface area contributed by atoms with Crippen molar-refractivity contribution < 1.29 is 0 Å². The highest BCUT2D eigenvalue weighted by Gasteiger charge is 2.20. The van der Waals surface area contributed by atoms with Crippen molar-refractivity contribution >= 4 is 22.9 Å². The van der Waals surface area contributed by atoms with Gasteiger partial charge in [-0.15, -0.1) is 0 Å². The summed E-state index contributed by atoms with van der Waals surface area (Å²) in [6, 6.07) is 30.4. The molecule has 1 aliphatic rings. The first-order chi connectivity index (χ1) is 12.4. The second-order valence-corrected chi connectivity index (χ2v) is 6.61. The molecule has 0 N–H and O–H groups in total. The highest BCUT2D eigenvalue weighted by atomic mass is 14.2. The molecule has 0 unspecified atom stereocenters. The predicted octanol–water partition coefficient (Wildman–Crippen LogP) is 6.58. The Labute approximate surface area is 148 Å². The SMILES string of the molecule is C(=Cc1cccc2ccc3c(c12)Cc1ccccc1-3)c1ccccc1. The first-order valence-corrected chi connectivity index (χ1v) is 8.76. The predicted molar refractivity (Wildman–Crippen MR) is 108 cm³/mol. The van der Waals surface area contributed by atoms with Crippen molar-refractivity contribution in [2.75, 3.05) is 0 Å². The van der Waals surface area contributed by atoms with Crippen LogP contribution in [-0.4, -0.2) is 0 Å². The summed E-state index contributed by atoms with van der Waals surface area (Å²) in [6.07, 6.45) is 5.48. The van der Waals surface area contributed by atoms with Gasteiger partial charge >= 0.3 is 0 Å². The van der Waals surface area contributed by atoms with E-state index in [9.17, 15) is 0 Å². The fourth-order valence-corrected chi connectivity index (χ4v) is 3.94. The lowest BCUT2D eigenvalue weighted by Crippen LogP contribution is -1.87. The van der Waals surface area contributed by atoms with Gasteiger partial charge in [-0.3, -0.25) is 0 Å². The van der Waals surface area contributed by atoms with E-state index < -0.39 is 0 Å². The van der Waals surface area contributed by atoms with Crippen LogP contribution in [0.5, 0.6) is 0 Å². The molecule has 0 spiro atoms. The van der Waals surface area contributed by atoms with Gasteiger partial charge in [-0.1, -0.05) is 97.1 Å². The smallest absolute Gasteiger partial charge is 0.000707 e. The number of benzene rings is 4. The van der Waals surface area contributed by atoms with E-state index in [0.29, 0.717) is 0 Å². The fourth-order valence-electron chi connectivity index (χ4n) is 3.94. The third-order valence-electron chi connectivity index (χ3n) is 5.12. The Morgan fingerprint density at radius 3 is 2.36 bits per heavy atom. The standard InChI is InChI=1S/C25H18/c1-2-7-18(8-3-1)13-14-19-10-6-11-20-15-16-23-22-12-5-4-9-21(22)17-24(23)25(19)20/h1-16H,17H2. The quantitative estimate of drug-likeness (QED) is 0.322. The molecule has 0 bridgehead atoms. The van der Waals surface area contributed by atoms with Crippen LogP contribution in [0.4, 0.5) is 0 Å². The molecule has 0 fully saturated rings. The van der Waals surface area contributed by atoms with Gasteiger partial charge in [0.1, 0.15) is 0 Å². The maximum atomic E-state index is 2.29. The molecule has 0 amide bonds. The maximum absolute atomic E-state index is 2.29. The van der Waals surface area contributed by atoms with Crippen LogP contribution >= 0.6 is 0 Å². The molecular weight excluding hydrogens is 300 g/mol. The molecule has 4 aromatic carbocycles. The van der Waals surface area contributed by atoms with Crippen LogP contribution in [0.3, 0.4) is 0 Å². The van der Waals surface area contributed by atoms with Crippen LogP contribution in [-0.2, 0) is 6.42 Å². The Balaban J connectivity index is 1.70. The Morgan fingerprint density at radius 2 is 1.44 bits per heavy atom. The zero-order valence-corrected chi connectivity index (χ0v) is 13.9. The van der Waals surface area contributed by atoms with E-state index in [1.165, 1.54) is 44.2 Å². The van der Waals surface area contributed by atoms with Crippen molar-refractivity contribution in [1.82, 2.24) is 0 Å². The van der Waals surface area contributed by atoms with E-state index in [4.69, 9.17) is 0 Å². The molecule has 0 heteroatoms. The monoisotopic (exact) mass is 318 g/mol. The topological polar surface area (TPSA) is 0 Å². The molecule has 25 heavy (non-hydrogen) atoms. The van der Waals surface area contributed by atoms with Crippen LogP contribution in [0.15, 0.2) is 84.9 Å². The molecule has 0 saturated carbocycles. The first kappa shape index (κ1) is 14.2. The molecule has 118 valence electrons. The minimum Gasteiger partial charge on any atom is -0.0622 e. The molecule has 0 saturated heterocycles. The maximum Gasteiger partial charge on any atom is -0.000707 e. The lowest BCUT2D eigenvalue weighted by Gasteiger charge is -2.09. The van der Waals surface area contributed by atoms with E-state index in [0.717, 1.165) is 6.42 Å². The fraction of sp³-hybridized carbons (Fsp3) is 0.0400. The Morgan fingerprint density at radius 1 is 0.600 bits per heavy atom. The molecule has 0 atom stereocenters. The summed E-state index contributed by atoms with van der Waals surface area (Å²) < 4.78 is 0. The lowest BCUT2D eigenvalue weighted by molar-refractivity contribution is 1.28. The van der Waals surface area contributed by atoms with Gasteiger partial charge in [0.2, 0.25) is 0 Å². The van der Waals surface area contributed by atoms with Gasteiger partial charge in [0.05, 0.1) is 0 Å². The highest BCUT2D eigenvalue weighted by molar-refractivity contribution is 6.01. The molecule has 0 radical (unpaired) electrons. The van der Waals surface area contributed by atoms with Gasteiger partial charge in [0.25, 0.3) is 0 Å². The largest absolute Gasteiger partial charge is 0.0622 e. The van der Waals surface area contributed by atoms with Crippen molar-refractivity contribution in [2.45, 2.75) is 6.42 Å². The number of hydrogen-bond donors (Lipinski definition) is 0. The molecule has 0 heterocycles. The van der Waals surface area contributed by atoms with Crippen molar-refractivity contribution in [3.8, 4) is 11.1 Å². The van der Waals surface area contributed by atoms with Crippen LogP contribution in [0.2, 0.25) is 0 Å². The molecule has 0 aromatic heterocycles. The minimum atomic E-state index is 1.03. The van der Waals surface area contributed by atoms with Gasteiger partial charge in [0, 0.05) is 0 Å². The van der Waals surface area contributed by atoms with Crippen LogP contribution in [0.25, 0.3) is 34.1 Å². The van der Waals surface area contributed by atoms with Gasteiger partial charge < -0.3 is 0 Å². The summed E-state index contributed by atoms with van der Waals surface area (Å²) in [5.74, 6) is 0. The average molecular weight is 318 g/mol. The van der Waals surface area contributed by atoms with Crippen LogP contribution in [0, 0.1) is 0 Å². The third-order valence-corrected chi connectivity index (χ3v) is 5.12.